The molecule has 1 saturated heterocycles. The van der Waals surface area contributed by atoms with Gasteiger partial charge < -0.3 is 5.32 Å². The van der Waals surface area contributed by atoms with E-state index in [9.17, 15) is 13.2 Å². The number of nitrogens with one attached hydrogen (secondary N) is 1. The number of hydrogen-bond donors (Lipinski definition) is 1. The average Bonchev–Trinajstić information content (AvgIpc) is 3.20. The van der Waals surface area contributed by atoms with E-state index in [1.807, 2.05) is 36.0 Å². The van der Waals surface area contributed by atoms with Gasteiger partial charge in [0.1, 0.15) is 0 Å². The number of benzene rings is 1. The number of rotatable bonds is 8. The lowest BCUT2D eigenvalue weighted by molar-refractivity contribution is -0.125. The van der Waals surface area contributed by atoms with Crippen LogP contribution in [0.2, 0.25) is 0 Å². The number of thioether (sulfide) groups is 1. The van der Waals surface area contributed by atoms with Crippen molar-refractivity contribution in [2.45, 2.75) is 49.5 Å². The average molecular weight is 490 g/mol. The van der Waals surface area contributed by atoms with Crippen LogP contribution in [0.5, 0.6) is 0 Å². The van der Waals surface area contributed by atoms with Gasteiger partial charge in [0.25, 0.3) is 0 Å². The van der Waals surface area contributed by atoms with Gasteiger partial charge in [0.05, 0.1) is 5.75 Å². The highest BCUT2D eigenvalue weighted by molar-refractivity contribution is 9.10. The fourth-order valence-electron chi connectivity index (χ4n) is 3.88. The third kappa shape index (κ3) is 6.47. The van der Waals surface area contributed by atoms with E-state index in [1.165, 1.54) is 30.0 Å². The van der Waals surface area contributed by atoms with Gasteiger partial charge in [-0.2, -0.15) is 11.8 Å². The zero-order chi connectivity index (χ0) is 20.0. The Balaban J connectivity index is 1.39. The normalized spacial score (nSPS) is 19.8. The lowest BCUT2D eigenvalue weighted by Gasteiger charge is -2.30. The molecule has 0 radical (unpaired) electrons. The molecule has 5 nitrogen and oxygen atoms in total. The first-order chi connectivity index (χ1) is 13.4. The highest BCUT2D eigenvalue weighted by atomic mass is 79.9. The second kappa shape index (κ2) is 10.5. The van der Waals surface area contributed by atoms with Crippen LogP contribution in [0, 0.1) is 5.92 Å². The summed E-state index contributed by atoms with van der Waals surface area (Å²) in [7, 11) is -3.35. The summed E-state index contributed by atoms with van der Waals surface area (Å²) in [4.78, 5) is 12.4. The maximum Gasteiger partial charge on any atom is 0.223 e. The van der Waals surface area contributed by atoms with Crippen LogP contribution in [-0.2, 0) is 20.6 Å². The first kappa shape index (κ1) is 22.1. The second-order valence-corrected chi connectivity index (χ2v) is 11.9. The molecule has 1 aromatic rings. The van der Waals surface area contributed by atoms with Crippen LogP contribution in [0.3, 0.4) is 0 Å². The van der Waals surface area contributed by atoms with Gasteiger partial charge in [-0.3, -0.25) is 4.79 Å². The molecule has 1 N–H and O–H groups in total. The number of piperidine rings is 1. The Kier molecular flexibility index (Phi) is 8.26. The van der Waals surface area contributed by atoms with Crippen molar-refractivity contribution in [1.82, 2.24) is 9.62 Å². The zero-order valence-electron chi connectivity index (χ0n) is 16.1. The van der Waals surface area contributed by atoms with Gasteiger partial charge in [-0.15, -0.1) is 0 Å². The molecule has 1 aliphatic heterocycles. The number of sulfonamides is 1. The van der Waals surface area contributed by atoms with Gasteiger partial charge in [-0.1, -0.05) is 40.9 Å². The van der Waals surface area contributed by atoms with Gasteiger partial charge in [0.2, 0.25) is 15.9 Å². The van der Waals surface area contributed by atoms with Crippen LogP contribution in [0.15, 0.2) is 28.7 Å². The summed E-state index contributed by atoms with van der Waals surface area (Å²) in [5.41, 5.74) is 0.780. The summed E-state index contributed by atoms with van der Waals surface area (Å²) in [6.07, 6.45) is 6.50. The van der Waals surface area contributed by atoms with Crippen LogP contribution < -0.4 is 5.32 Å². The fourth-order valence-corrected chi connectivity index (χ4v) is 6.93. The zero-order valence-corrected chi connectivity index (χ0v) is 19.3. The highest BCUT2D eigenvalue weighted by Gasteiger charge is 2.31. The van der Waals surface area contributed by atoms with Crippen molar-refractivity contribution in [2.75, 3.05) is 25.4 Å². The summed E-state index contributed by atoms with van der Waals surface area (Å²) in [6, 6.07) is 7.36. The number of amides is 1. The molecule has 156 valence electrons. The van der Waals surface area contributed by atoms with Gasteiger partial charge in [-0.25, -0.2) is 12.7 Å². The summed E-state index contributed by atoms with van der Waals surface area (Å²) < 4.78 is 27.8. The third-order valence-electron chi connectivity index (χ3n) is 5.54. The first-order valence-electron chi connectivity index (χ1n) is 10.1. The SMILES string of the molecule is O=C(NCCSC1CCCC1)C1CCN(S(=O)(=O)Cc2ccc(Br)cc2)CC1. The largest absolute Gasteiger partial charge is 0.355 e. The predicted octanol–water partition coefficient (Wildman–Crippen LogP) is 3.78. The first-order valence-corrected chi connectivity index (χ1v) is 13.5. The van der Waals surface area contributed by atoms with Crippen molar-refractivity contribution in [3.05, 3.63) is 34.3 Å². The van der Waals surface area contributed by atoms with E-state index in [2.05, 4.69) is 21.2 Å². The Bertz CT molecular complexity index is 741. The van der Waals surface area contributed by atoms with E-state index in [1.54, 1.807) is 0 Å². The van der Waals surface area contributed by atoms with E-state index in [0.717, 1.165) is 21.0 Å². The molecule has 1 amide bonds. The van der Waals surface area contributed by atoms with E-state index in [-0.39, 0.29) is 17.6 Å². The minimum Gasteiger partial charge on any atom is -0.355 e. The lowest BCUT2D eigenvalue weighted by atomic mass is 9.97. The fraction of sp³-hybridized carbons (Fsp3) is 0.650. The molecule has 1 heterocycles. The maximum absolute atomic E-state index is 12.7. The standard InChI is InChI=1S/C20H29BrN2O3S2/c21-18-7-5-16(6-8-18)15-28(25,26)23-12-9-17(10-13-23)20(24)22-11-14-27-19-3-1-2-4-19/h5-8,17,19H,1-4,9-15H2,(H,22,24). The third-order valence-corrected chi connectivity index (χ3v) is 9.30. The molecule has 8 heteroatoms. The van der Waals surface area contributed by atoms with Gasteiger partial charge in [-0.05, 0) is 43.4 Å². The topological polar surface area (TPSA) is 66.5 Å². The molecule has 0 atom stereocenters. The molecule has 28 heavy (non-hydrogen) atoms. The van der Waals surface area contributed by atoms with E-state index < -0.39 is 10.0 Å². The van der Waals surface area contributed by atoms with Crippen molar-refractivity contribution in [2.24, 2.45) is 5.92 Å². The molecule has 0 spiro atoms. The molecule has 1 aromatic carbocycles. The molecule has 0 bridgehead atoms. The Morgan fingerprint density at radius 3 is 2.39 bits per heavy atom. The van der Waals surface area contributed by atoms with Crippen molar-refractivity contribution in [3.63, 3.8) is 0 Å². The van der Waals surface area contributed by atoms with E-state index >= 15 is 0 Å². The van der Waals surface area contributed by atoms with Crippen molar-refractivity contribution in [3.8, 4) is 0 Å². The number of halogens is 1. The molecule has 3 rings (SSSR count). The molecular weight excluding hydrogens is 460 g/mol. The predicted molar refractivity (Wildman–Crippen MR) is 119 cm³/mol. The molecule has 2 fully saturated rings. The molecule has 1 aliphatic carbocycles. The molecule has 1 saturated carbocycles. The van der Waals surface area contributed by atoms with Crippen LogP contribution in [0.25, 0.3) is 0 Å². The number of carbonyl (C=O) groups excluding carboxylic acids is 1. The Labute approximate surface area is 181 Å². The minimum atomic E-state index is -3.35. The summed E-state index contributed by atoms with van der Waals surface area (Å²) in [6.45, 7) is 1.56. The minimum absolute atomic E-state index is 0.00946. The molecule has 0 unspecified atom stereocenters. The summed E-state index contributed by atoms with van der Waals surface area (Å²) >= 11 is 5.34. The molecule has 0 aromatic heterocycles. The summed E-state index contributed by atoms with van der Waals surface area (Å²) in [5, 5.41) is 3.82. The monoisotopic (exact) mass is 488 g/mol. The van der Waals surface area contributed by atoms with E-state index in [4.69, 9.17) is 0 Å². The van der Waals surface area contributed by atoms with Gasteiger partial charge in [0.15, 0.2) is 0 Å². The Morgan fingerprint density at radius 2 is 1.75 bits per heavy atom. The van der Waals surface area contributed by atoms with Crippen LogP contribution in [0.1, 0.15) is 44.1 Å². The maximum atomic E-state index is 12.7. The second-order valence-electron chi connectivity index (χ2n) is 7.62. The molecular formula is C20H29BrN2O3S2. The smallest absolute Gasteiger partial charge is 0.223 e. The number of carbonyl (C=O) groups is 1. The molecule has 2 aliphatic rings. The van der Waals surface area contributed by atoms with Crippen molar-refractivity contribution >= 4 is 43.6 Å². The number of nitrogens with zero attached hydrogens (tertiary/aromatic N) is 1. The lowest BCUT2D eigenvalue weighted by Crippen LogP contribution is -2.43. The Hall–Kier alpha value is -0.570. The van der Waals surface area contributed by atoms with E-state index in [0.29, 0.717) is 32.5 Å². The highest BCUT2D eigenvalue weighted by Crippen LogP contribution is 2.29. The van der Waals surface area contributed by atoms with Gasteiger partial charge in [0, 0.05) is 41.0 Å². The van der Waals surface area contributed by atoms with Crippen LogP contribution >= 0.6 is 27.7 Å². The van der Waals surface area contributed by atoms with Crippen molar-refractivity contribution < 1.29 is 13.2 Å². The van der Waals surface area contributed by atoms with Crippen LogP contribution in [-0.4, -0.2) is 49.3 Å². The summed E-state index contributed by atoms with van der Waals surface area (Å²) in [5.74, 6) is 0.986. The number of hydrogen-bond acceptors (Lipinski definition) is 4. The van der Waals surface area contributed by atoms with Gasteiger partial charge >= 0.3 is 0 Å². The Morgan fingerprint density at radius 1 is 1.11 bits per heavy atom. The van der Waals surface area contributed by atoms with Crippen molar-refractivity contribution in [1.29, 1.82) is 0 Å². The van der Waals surface area contributed by atoms with Crippen LogP contribution in [0.4, 0.5) is 0 Å². The quantitative estimate of drug-likeness (QED) is 0.565.